The minimum absolute atomic E-state index is 0.0677. The van der Waals surface area contributed by atoms with E-state index in [2.05, 4.69) is 5.10 Å². The van der Waals surface area contributed by atoms with Gasteiger partial charge >= 0.3 is 0 Å². The molecule has 0 aliphatic carbocycles. The van der Waals surface area contributed by atoms with Gasteiger partial charge in [0, 0.05) is 26.1 Å². The van der Waals surface area contributed by atoms with Gasteiger partial charge in [-0.25, -0.2) is 0 Å². The van der Waals surface area contributed by atoms with E-state index in [-0.39, 0.29) is 17.7 Å². The van der Waals surface area contributed by atoms with Crippen molar-refractivity contribution in [3.05, 3.63) is 16.4 Å². The highest BCUT2D eigenvalue weighted by molar-refractivity contribution is 6.33. The molecule has 1 aromatic heterocycles. The Hall–Kier alpha value is -1.56. The second kappa shape index (κ2) is 7.13. The normalized spacial score (nSPS) is 19.0. The van der Waals surface area contributed by atoms with Crippen LogP contribution in [0, 0.1) is 12.8 Å². The third kappa shape index (κ3) is 3.61. The van der Waals surface area contributed by atoms with Crippen molar-refractivity contribution < 1.29 is 9.59 Å². The number of rotatable bonds is 4. The summed E-state index contributed by atoms with van der Waals surface area (Å²) in [5, 5.41) is 4.70. The van der Waals surface area contributed by atoms with Gasteiger partial charge in [-0.3, -0.25) is 14.3 Å². The van der Waals surface area contributed by atoms with Crippen LogP contribution in [0.1, 0.15) is 48.7 Å². The summed E-state index contributed by atoms with van der Waals surface area (Å²) in [6.45, 7) is 5.69. The topological polar surface area (TPSA) is 81.2 Å². The van der Waals surface area contributed by atoms with Crippen LogP contribution in [0.5, 0.6) is 0 Å². The Kier molecular flexibility index (Phi) is 5.45. The number of aromatic nitrogens is 2. The summed E-state index contributed by atoms with van der Waals surface area (Å²) in [7, 11) is 0. The summed E-state index contributed by atoms with van der Waals surface area (Å²) in [5.74, 6) is -0.0694. The fourth-order valence-electron chi connectivity index (χ4n) is 3.02. The molecule has 2 amide bonds. The number of aryl methyl sites for hydroxylation is 2. The third-order valence-electron chi connectivity index (χ3n) is 4.20. The lowest BCUT2D eigenvalue weighted by Gasteiger charge is -2.20. The van der Waals surface area contributed by atoms with Gasteiger partial charge < -0.3 is 10.6 Å². The van der Waals surface area contributed by atoms with Crippen molar-refractivity contribution in [1.82, 2.24) is 14.7 Å². The number of hydrogen-bond acceptors (Lipinski definition) is 3. The molecule has 0 spiro atoms. The largest absolute Gasteiger partial charge is 0.370 e. The van der Waals surface area contributed by atoms with Gasteiger partial charge in [-0.2, -0.15) is 5.10 Å². The molecular weight excluding hydrogens is 304 g/mol. The predicted octanol–water partition coefficient (Wildman–Crippen LogP) is 1.98. The van der Waals surface area contributed by atoms with Crippen molar-refractivity contribution in [2.75, 3.05) is 13.1 Å². The maximum absolute atomic E-state index is 12.7. The predicted molar refractivity (Wildman–Crippen MR) is 84.7 cm³/mol. The molecule has 0 bridgehead atoms. The molecule has 0 saturated carbocycles. The summed E-state index contributed by atoms with van der Waals surface area (Å²) >= 11 is 6.27. The molecule has 1 unspecified atom stereocenters. The van der Waals surface area contributed by atoms with Crippen molar-refractivity contribution in [2.24, 2.45) is 11.7 Å². The number of carbonyl (C=O) groups is 2. The number of likely N-dealkylation sites (tertiary alicyclic amines) is 1. The molecule has 1 fully saturated rings. The molecule has 22 heavy (non-hydrogen) atoms. The lowest BCUT2D eigenvalue weighted by molar-refractivity contribution is -0.119. The van der Waals surface area contributed by atoms with Crippen molar-refractivity contribution in [2.45, 2.75) is 46.1 Å². The number of halogens is 1. The van der Waals surface area contributed by atoms with Crippen LogP contribution in [0.3, 0.4) is 0 Å². The summed E-state index contributed by atoms with van der Waals surface area (Å²) in [6.07, 6.45) is 3.00. The van der Waals surface area contributed by atoms with Gasteiger partial charge in [0.2, 0.25) is 5.91 Å². The molecule has 2 N–H and O–H groups in total. The number of amides is 2. The van der Waals surface area contributed by atoms with Crippen molar-refractivity contribution in [1.29, 1.82) is 0 Å². The first-order chi connectivity index (χ1) is 10.4. The molecule has 1 saturated heterocycles. The molecule has 1 aliphatic rings. The minimum atomic E-state index is -0.270. The van der Waals surface area contributed by atoms with Crippen LogP contribution in [0.15, 0.2) is 0 Å². The Morgan fingerprint density at radius 1 is 1.36 bits per heavy atom. The number of hydrogen-bond donors (Lipinski definition) is 1. The Bertz CT molecular complexity index is 570. The van der Waals surface area contributed by atoms with Crippen molar-refractivity contribution in [3.8, 4) is 0 Å². The smallest absolute Gasteiger partial charge is 0.258 e. The molecule has 2 heterocycles. The van der Waals surface area contributed by atoms with E-state index in [9.17, 15) is 9.59 Å². The van der Waals surface area contributed by atoms with Crippen LogP contribution in [-0.4, -0.2) is 39.6 Å². The first-order valence-electron chi connectivity index (χ1n) is 7.74. The third-order valence-corrected chi connectivity index (χ3v) is 4.59. The zero-order valence-corrected chi connectivity index (χ0v) is 13.9. The van der Waals surface area contributed by atoms with E-state index >= 15 is 0 Å². The van der Waals surface area contributed by atoms with E-state index in [1.165, 1.54) is 0 Å². The fraction of sp³-hybridized carbons (Fsp3) is 0.667. The zero-order chi connectivity index (χ0) is 16.3. The van der Waals surface area contributed by atoms with Crippen molar-refractivity contribution in [3.63, 3.8) is 0 Å². The fourth-order valence-corrected chi connectivity index (χ4v) is 3.40. The first-order valence-corrected chi connectivity index (χ1v) is 8.12. The molecule has 1 aliphatic heterocycles. The molecule has 122 valence electrons. The quantitative estimate of drug-likeness (QED) is 0.918. The van der Waals surface area contributed by atoms with Gasteiger partial charge in [0.05, 0.1) is 11.3 Å². The summed E-state index contributed by atoms with van der Waals surface area (Å²) < 4.78 is 1.64. The van der Waals surface area contributed by atoms with Crippen LogP contribution >= 0.6 is 11.6 Å². The average Bonchev–Trinajstić information content (AvgIpc) is 2.63. The highest BCUT2D eigenvalue weighted by Crippen LogP contribution is 2.25. The summed E-state index contributed by atoms with van der Waals surface area (Å²) in [5.41, 5.74) is 6.43. The average molecular weight is 327 g/mol. The highest BCUT2D eigenvalue weighted by Gasteiger charge is 2.27. The molecule has 1 aromatic rings. The van der Waals surface area contributed by atoms with Crippen LogP contribution in [0.2, 0.25) is 5.15 Å². The number of nitrogens with two attached hydrogens (primary N) is 1. The standard InChI is InChI=1S/C15H23ClN4O2/c1-3-20-14(16)13(10(2)18-20)15(22)19-7-4-5-11(6-8-19)9-12(17)21/h11H,3-9H2,1-2H3,(H2,17,21). The van der Waals surface area contributed by atoms with E-state index in [1.807, 2.05) is 11.8 Å². The molecule has 7 heteroatoms. The van der Waals surface area contributed by atoms with Crippen LogP contribution in [-0.2, 0) is 11.3 Å². The van der Waals surface area contributed by atoms with E-state index in [0.29, 0.717) is 42.5 Å². The van der Waals surface area contributed by atoms with Gasteiger partial charge in [0.25, 0.3) is 5.91 Å². The SMILES string of the molecule is CCn1nc(C)c(C(=O)N2CCCC(CC(N)=O)CC2)c1Cl. The molecule has 1 atom stereocenters. The molecule has 6 nitrogen and oxygen atoms in total. The second-order valence-corrected chi connectivity index (χ2v) is 6.18. The Labute approximate surface area is 135 Å². The number of nitrogens with zero attached hydrogens (tertiary/aromatic N) is 3. The van der Waals surface area contributed by atoms with Crippen molar-refractivity contribution >= 4 is 23.4 Å². The van der Waals surface area contributed by atoms with Gasteiger partial charge in [-0.1, -0.05) is 11.6 Å². The lowest BCUT2D eigenvalue weighted by Crippen LogP contribution is -2.32. The van der Waals surface area contributed by atoms with E-state index in [4.69, 9.17) is 17.3 Å². The molecule has 0 aromatic carbocycles. The Balaban J connectivity index is 2.10. The lowest BCUT2D eigenvalue weighted by atomic mass is 9.97. The molecular formula is C15H23ClN4O2. The second-order valence-electron chi connectivity index (χ2n) is 5.83. The van der Waals surface area contributed by atoms with E-state index < -0.39 is 0 Å². The monoisotopic (exact) mass is 326 g/mol. The highest BCUT2D eigenvalue weighted by atomic mass is 35.5. The number of primary amides is 1. The van der Waals surface area contributed by atoms with E-state index in [0.717, 1.165) is 19.3 Å². The van der Waals surface area contributed by atoms with Crippen LogP contribution < -0.4 is 5.73 Å². The molecule has 0 radical (unpaired) electrons. The van der Waals surface area contributed by atoms with Gasteiger partial charge in [0.1, 0.15) is 5.15 Å². The zero-order valence-electron chi connectivity index (χ0n) is 13.1. The molecule has 2 rings (SSSR count). The first kappa shape index (κ1) is 16.8. The van der Waals surface area contributed by atoms with Crippen LogP contribution in [0.25, 0.3) is 0 Å². The Morgan fingerprint density at radius 2 is 2.09 bits per heavy atom. The van der Waals surface area contributed by atoms with Crippen LogP contribution in [0.4, 0.5) is 0 Å². The minimum Gasteiger partial charge on any atom is -0.370 e. The maximum Gasteiger partial charge on any atom is 0.258 e. The maximum atomic E-state index is 12.7. The summed E-state index contributed by atoms with van der Waals surface area (Å²) in [6, 6.07) is 0. The van der Waals surface area contributed by atoms with E-state index in [1.54, 1.807) is 11.6 Å². The van der Waals surface area contributed by atoms with Gasteiger partial charge in [-0.15, -0.1) is 0 Å². The van der Waals surface area contributed by atoms with Gasteiger partial charge in [-0.05, 0) is 39.0 Å². The Morgan fingerprint density at radius 3 is 2.68 bits per heavy atom. The number of carbonyl (C=O) groups excluding carboxylic acids is 2. The summed E-state index contributed by atoms with van der Waals surface area (Å²) in [4.78, 5) is 25.6. The van der Waals surface area contributed by atoms with Gasteiger partial charge in [0.15, 0.2) is 0 Å².